The van der Waals surface area contributed by atoms with Crippen LogP contribution in [0.4, 0.5) is 0 Å². The third kappa shape index (κ3) is 4.67. The van der Waals surface area contributed by atoms with Crippen molar-refractivity contribution in [2.24, 2.45) is 0 Å². The predicted molar refractivity (Wildman–Crippen MR) is 98.0 cm³/mol. The highest BCUT2D eigenvalue weighted by Crippen LogP contribution is 2.30. The van der Waals surface area contributed by atoms with E-state index in [4.69, 9.17) is 0 Å². The molecule has 0 saturated heterocycles. The van der Waals surface area contributed by atoms with Crippen LogP contribution in [-0.2, 0) is 22.9 Å². The highest BCUT2D eigenvalue weighted by molar-refractivity contribution is 7.88. The molecule has 6 heteroatoms. The molecule has 3 rings (SSSR count). The largest absolute Gasteiger partial charge is 0.345 e. The summed E-state index contributed by atoms with van der Waals surface area (Å²) in [7, 11) is -3.17. The fraction of sp³-hybridized carbons (Fsp3) is 0.316. The van der Waals surface area contributed by atoms with Gasteiger partial charge < -0.3 is 5.32 Å². The first-order chi connectivity index (χ1) is 11.9. The van der Waals surface area contributed by atoms with Gasteiger partial charge in [0.25, 0.3) is 5.91 Å². The van der Waals surface area contributed by atoms with Crippen molar-refractivity contribution in [3.63, 3.8) is 0 Å². The van der Waals surface area contributed by atoms with E-state index in [1.807, 2.05) is 24.3 Å². The number of carbonyl (C=O) groups excluding carboxylic acids is 1. The minimum atomic E-state index is -3.17. The van der Waals surface area contributed by atoms with Gasteiger partial charge in [-0.15, -0.1) is 0 Å². The molecule has 0 heterocycles. The smallest absolute Gasteiger partial charge is 0.251 e. The summed E-state index contributed by atoms with van der Waals surface area (Å²) in [5.41, 5.74) is 4.11. The van der Waals surface area contributed by atoms with Crippen LogP contribution in [0.1, 0.15) is 39.5 Å². The van der Waals surface area contributed by atoms with Crippen LogP contribution in [0.15, 0.2) is 48.5 Å². The SMILES string of the molecule is CS(=O)(=O)NCCc1ccc(C(=O)NC2CCc3ccccc32)cc1. The van der Waals surface area contributed by atoms with E-state index in [0.717, 1.165) is 24.7 Å². The molecular formula is C19H22N2O3S. The topological polar surface area (TPSA) is 75.3 Å². The van der Waals surface area contributed by atoms with Gasteiger partial charge in [0.15, 0.2) is 0 Å². The fourth-order valence-corrected chi connectivity index (χ4v) is 3.63. The molecule has 1 aliphatic rings. The van der Waals surface area contributed by atoms with Crippen molar-refractivity contribution in [2.45, 2.75) is 25.3 Å². The number of nitrogens with one attached hydrogen (secondary N) is 2. The summed E-state index contributed by atoms with van der Waals surface area (Å²) < 4.78 is 24.6. The summed E-state index contributed by atoms with van der Waals surface area (Å²) in [6.45, 7) is 0.350. The quantitative estimate of drug-likeness (QED) is 0.831. The Morgan fingerprint density at radius 3 is 2.56 bits per heavy atom. The molecule has 25 heavy (non-hydrogen) atoms. The van der Waals surface area contributed by atoms with Crippen molar-refractivity contribution in [3.05, 3.63) is 70.8 Å². The van der Waals surface area contributed by atoms with E-state index in [9.17, 15) is 13.2 Å². The summed E-state index contributed by atoms with van der Waals surface area (Å²) in [4.78, 5) is 12.5. The van der Waals surface area contributed by atoms with Crippen LogP contribution >= 0.6 is 0 Å². The van der Waals surface area contributed by atoms with Crippen LogP contribution in [-0.4, -0.2) is 27.1 Å². The highest BCUT2D eigenvalue weighted by atomic mass is 32.2. The van der Waals surface area contributed by atoms with E-state index in [-0.39, 0.29) is 11.9 Å². The second kappa shape index (κ2) is 7.37. The first-order valence-electron chi connectivity index (χ1n) is 8.34. The number of rotatable bonds is 6. The molecule has 1 atom stereocenters. The lowest BCUT2D eigenvalue weighted by atomic mass is 10.1. The second-order valence-electron chi connectivity index (χ2n) is 6.38. The lowest BCUT2D eigenvalue weighted by Crippen LogP contribution is -2.27. The lowest BCUT2D eigenvalue weighted by Gasteiger charge is -2.14. The van der Waals surface area contributed by atoms with E-state index < -0.39 is 10.0 Å². The molecule has 5 nitrogen and oxygen atoms in total. The maximum atomic E-state index is 12.5. The molecule has 1 aliphatic carbocycles. The number of amides is 1. The van der Waals surface area contributed by atoms with Crippen LogP contribution in [0.2, 0.25) is 0 Å². The lowest BCUT2D eigenvalue weighted by molar-refractivity contribution is 0.0936. The molecule has 0 radical (unpaired) electrons. The Labute approximate surface area is 148 Å². The molecule has 0 bridgehead atoms. The maximum absolute atomic E-state index is 12.5. The number of benzene rings is 2. The molecule has 2 N–H and O–H groups in total. The Morgan fingerprint density at radius 2 is 1.84 bits per heavy atom. The summed E-state index contributed by atoms with van der Waals surface area (Å²) >= 11 is 0. The molecule has 0 saturated carbocycles. The van der Waals surface area contributed by atoms with Crippen LogP contribution < -0.4 is 10.0 Å². The predicted octanol–water partition coefficient (Wildman–Crippen LogP) is 2.20. The minimum absolute atomic E-state index is 0.0716. The Bertz CT molecular complexity index is 860. The van der Waals surface area contributed by atoms with Gasteiger partial charge in [-0.05, 0) is 48.1 Å². The van der Waals surface area contributed by atoms with E-state index in [1.54, 1.807) is 12.1 Å². The van der Waals surface area contributed by atoms with Gasteiger partial charge in [0.05, 0.1) is 12.3 Å². The van der Waals surface area contributed by atoms with Crippen molar-refractivity contribution in [3.8, 4) is 0 Å². The van der Waals surface area contributed by atoms with Crippen molar-refractivity contribution in [1.82, 2.24) is 10.0 Å². The third-order valence-electron chi connectivity index (χ3n) is 4.43. The molecule has 0 aromatic heterocycles. The Kier molecular flexibility index (Phi) is 5.20. The summed E-state index contributed by atoms with van der Waals surface area (Å²) in [5, 5.41) is 3.10. The Hall–Kier alpha value is -2.18. The number of sulfonamides is 1. The number of hydrogen-bond donors (Lipinski definition) is 2. The molecule has 2 aromatic rings. The maximum Gasteiger partial charge on any atom is 0.251 e. The van der Waals surface area contributed by atoms with E-state index in [2.05, 4.69) is 22.2 Å². The first kappa shape index (κ1) is 17.6. The van der Waals surface area contributed by atoms with Crippen LogP contribution in [0.25, 0.3) is 0 Å². The molecule has 132 valence electrons. The first-order valence-corrected chi connectivity index (χ1v) is 10.2. The molecule has 2 aromatic carbocycles. The highest BCUT2D eigenvalue weighted by Gasteiger charge is 2.23. The average Bonchev–Trinajstić information content (AvgIpc) is 2.97. The Morgan fingerprint density at radius 1 is 1.12 bits per heavy atom. The van der Waals surface area contributed by atoms with Crippen molar-refractivity contribution >= 4 is 15.9 Å². The van der Waals surface area contributed by atoms with Gasteiger partial charge in [-0.25, -0.2) is 13.1 Å². The van der Waals surface area contributed by atoms with Gasteiger partial charge in [-0.1, -0.05) is 36.4 Å². The van der Waals surface area contributed by atoms with Gasteiger partial charge in [0.1, 0.15) is 0 Å². The van der Waals surface area contributed by atoms with Gasteiger partial charge in [-0.3, -0.25) is 4.79 Å². The van der Waals surface area contributed by atoms with Crippen LogP contribution in [0.5, 0.6) is 0 Å². The molecule has 0 spiro atoms. The van der Waals surface area contributed by atoms with Crippen LogP contribution in [0, 0.1) is 0 Å². The molecule has 1 amide bonds. The number of hydrogen-bond acceptors (Lipinski definition) is 3. The van der Waals surface area contributed by atoms with Gasteiger partial charge in [0, 0.05) is 12.1 Å². The molecular weight excluding hydrogens is 336 g/mol. The number of aryl methyl sites for hydroxylation is 1. The zero-order valence-corrected chi connectivity index (χ0v) is 15.0. The molecule has 0 aliphatic heterocycles. The fourth-order valence-electron chi connectivity index (χ4n) is 3.15. The van der Waals surface area contributed by atoms with Gasteiger partial charge >= 0.3 is 0 Å². The number of fused-ring (bicyclic) bond motifs is 1. The van der Waals surface area contributed by atoms with Crippen molar-refractivity contribution < 1.29 is 13.2 Å². The third-order valence-corrected chi connectivity index (χ3v) is 5.16. The zero-order valence-electron chi connectivity index (χ0n) is 14.2. The van der Waals surface area contributed by atoms with Gasteiger partial charge in [0.2, 0.25) is 10.0 Å². The molecule has 0 fully saturated rings. The Balaban J connectivity index is 1.58. The van der Waals surface area contributed by atoms with E-state index in [1.165, 1.54) is 11.1 Å². The average molecular weight is 358 g/mol. The normalized spacial score (nSPS) is 16.4. The second-order valence-corrected chi connectivity index (χ2v) is 8.21. The van der Waals surface area contributed by atoms with E-state index in [0.29, 0.717) is 18.5 Å². The van der Waals surface area contributed by atoms with Crippen molar-refractivity contribution in [1.29, 1.82) is 0 Å². The standard InChI is InChI=1S/C19H22N2O3S/c1-25(23,24)20-13-12-14-6-8-16(9-7-14)19(22)21-18-11-10-15-4-2-3-5-17(15)18/h2-9,18,20H,10-13H2,1H3,(H,21,22). The van der Waals surface area contributed by atoms with Gasteiger partial charge in [-0.2, -0.15) is 0 Å². The molecule has 1 unspecified atom stereocenters. The summed E-state index contributed by atoms with van der Waals surface area (Å²) in [6.07, 6.45) is 3.65. The van der Waals surface area contributed by atoms with Crippen LogP contribution in [0.3, 0.4) is 0 Å². The monoisotopic (exact) mass is 358 g/mol. The van der Waals surface area contributed by atoms with Crippen molar-refractivity contribution in [2.75, 3.05) is 12.8 Å². The zero-order chi connectivity index (χ0) is 17.9. The number of carbonyl (C=O) groups is 1. The van der Waals surface area contributed by atoms with E-state index >= 15 is 0 Å². The minimum Gasteiger partial charge on any atom is -0.345 e. The summed E-state index contributed by atoms with van der Waals surface area (Å²) in [6, 6.07) is 15.6. The summed E-state index contributed by atoms with van der Waals surface area (Å²) in [5.74, 6) is -0.0810.